The summed E-state index contributed by atoms with van der Waals surface area (Å²) >= 11 is 0. The van der Waals surface area contributed by atoms with Crippen LogP contribution in [0, 0.1) is 5.41 Å². The van der Waals surface area contributed by atoms with Gasteiger partial charge in [0.2, 0.25) is 0 Å². The van der Waals surface area contributed by atoms with Crippen molar-refractivity contribution in [2.45, 2.75) is 39.6 Å². The summed E-state index contributed by atoms with van der Waals surface area (Å²) in [5, 5.41) is 0. The van der Waals surface area contributed by atoms with Crippen molar-refractivity contribution in [1.82, 2.24) is 0 Å². The third kappa shape index (κ3) is 1.40. The highest BCUT2D eigenvalue weighted by Gasteiger charge is 2.49. The summed E-state index contributed by atoms with van der Waals surface area (Å²) in [6.07, 6.45) is 4.54. The molecule has 14 heavy (non-hydrogen) atoms. The second kappa shape index (κ2) is 2.90. The summed E-state index contributed by atoms with van der Waals surface area (Å²) in [5.74, 6) is 0. The lowest BCUT2D eigenvalue weighted by Gasteiger charge is -2.34. The first-order valence-electron chi connectivity index (χ1n) is 5.12. The van der Waals surface area contributed by atoms with E-state index in [0.717, 1.165) is 11.8 Å². The van der Waals surface area contributed by atoms with E-state index in [0.29, 0.717) is 0 Å². The topological polar surface area (TPSA) is 22.4 Å². The van der Waals surface area contributed by atoms with Gasteiger partial charge in [-0.25, -0.2) is 0 Å². The summed E-state index contributed by atoms with van der Waals surface area (Å²) in [6, 6.07) is 1.99. The fourth-order valence-corrected chi connectivity index (χ4v) is 1.91. The molecule has 1 aromatic heterocycles. The van der Waals surface area contributed by atoms with E-state index in [1.165, 1.54) is 0 Å². The number of rotatable bonds is 1. The van der Waals surface area contributed by atoms with Gasteiger partial charge in [0.1, 0.15) is 0 Å². The molecule has 1 aliphatic heterocycles. The zero-order valence-electron chi connectivity index (χ0n) is 9.33. The third-order valence-electron chi connectivity index (χ3n) is 3.68. The molecule has 76 valence electrons. The molecular weight excluding hydrogens is 175 g/mol. The lowest BCUT2D eigenvalue weighted by Crippen LogP contribution is -2.35. The van der Waals surface area contributed by atoms with Gasteiger partial charge in [-0.15, -0.1) is 0 Å². The van der Waals surface area contributed by atoms with Gasteiger partial charge in [0.15, 0.2) is 0 Å². The summed E-state index contributed by atoms with van der Waals surface area (Å²) < 4.78 is 11.1. The molecule has 0 aromatic carbocycles. The highest BCUT2D eigenvalue weighted by molar-refractivity contribution is 6.68. The molecule has 0 atom stereocenters. The van der Waals surface area contributed by atoms with E-state index in [-0.39, 0.29) is 17.9 Å². The average Bonchev–Trinajstić information content (AvgIpc) is 2.58. The van der Waals surface area contributed by atoms with Gasteiger partial charge in [0, 0.05) is 0 Å². The Morgan fingerprint density at radius 1 is 1.29 bits per heavy atom. The molecule has 0 N–H and O–H groups in total. The first-order valence-corrected chi connectivity index (χ1v) is 5.12. The van der Waals surface area contributed by atoms with Crippen LogP contribution >= 0.6 is 0 Å². The Hall–Kier alpha value is -0.695. The van der Waals surface area contributed by atoms with Gasteiger partial charge in [0.05, 0.1) is 18.1 Å². The minimum absolute atomic E-state index is 0.0606. The lowest BCUT2D eigenvalue weighted by atomic mass is 9.55. The van der Waals surface area contributed by atoms with Crippen molar-refractivity contribution < 1.29 is 9.07 Å². The van der Waals surface area contributed by atoms with E-state index >= 15 is 0 Å². The summed E-state index contributed by atoms with van der Waals surface area (Å²) in [5.41, 5.74) is 1.31. The van der Waals surface area contributed by atoms with Gasteiger partial charge in [-0.3, -0.25) is 0 Å². The molecule has 0 bridgehead atoms. The van der Waals surface area contributed by atoms with Crippen molar-refractivity contribution in [3.8, 4) is 0 Å². The monoisotopic (exact) mass is 192 g/mol. The van der Waals surface area contributed by atoms with Crippen molar-refractivity contribution in [2.24, 2.45) is 5.41 Å². The van der Waals surface area contributed by atoms with Crippen molar-refractivity contribution >= 4 is 12.4 Å². The van der Waals surface area contributed by atoms with Gasteiger partial charge in [0.25, 0.3) is 0 Å². The minimum Gasteiger partial charge on any atom is -0.473 e. The summed E-state index contributed by atoms with van der Waals surface area (Å²) in [6.45, 7) is 9.03. The van der Waals surface area contributed by atoms with E-state index in [4.69, 9.17) is 9.07 Å². The van der Waals surface area contributed by atoms with Crippen LogP contribution in [0.3, 0.4) is 0 Å². The zero-order chi connectivity index (χ0) is 10.4. The van der Waals surface area contributed by atoms with Crippen LogP contribution in [0.4, 0.5) is 0 Å². The fraction of sp³-hybridized carbons (Fsp3) is 0.636. The molecule has 1 aliphatic rings. The smallest absolute Gasteiger partial charge is 0.331 e. The van der Waals surface area contributed by atoms with E-state index in [1.807, 2.05) is 6.07 Å². The predicted molar refractivity (Wildman–Crippen MR) is 57.8 cm³/mol. The maximum atomic E-state index is 6.05. The first kappa shape index (κ1) is 9.84. The van der Waals surface area contributed by atoms with Crippen molar-refractivity contribution in [1.29, 1.82) is 0 Å². The molecule has 0 unspecified atom stereocenters. The third-order valence-corrected chi connectivity index (χ3v) is 3.68. The second-order valence-electron chi connectivity index (χ2n) is 5.26. The average molecular weight is 192 g/mol. The van der Waals surface area contributed by atoms with Gasteiger partial charge in [-0.05, 0) is 37.1 Å². The van der Waals surface area contributed by atoms with Gasteiger partial charge < -0.3 is 9.07 Å². The predicted octanol–water partition coefficient (Wildman–Crippen LogP) is 2.31. The number of hydrogen-bond donors (Lipinski definition) is 0. The molecular formula is C11H17BO2. The number of hydrogen-bond acceptors (Lipinski definition) is 2. The second-order valence-corrected chi connectivity index (χ2v) is 5.26. The van der Waals surface area contributed by atoms with Crippen molar-refractivity contribution in [2.75, 3.05) is 0 Å². The maximum Gasteiger partial charge on any atom is 0.331 e. The van der Waals surface area contributed by atoms with E-state index < -0.39 is 0 Å². The molecule has 3 heteroatoms. The van der Waals surface area contributed by atoms with E-state index in [9.17, 15) is 0 Å². The Kier molecular flexibility index (Phi) is 2.04. The van der Waals surface area contributed by atoms with Crippen LogP contribution in [0.2, 0.25) is 6.32 Å². The molecule has 1 aromatic rings. The van der Waals surface area contributed by atoms with E-state index in [2.05, 4.69) is 27.7 Å². The van der Waals surface area contributed by atoms with Crippen LogP contribution in [0.15, 0.2) is 23.0 Å². The van der Waals surface area contributed by atoms with Crippen molar-refractivity contribution in [3.63, 3.8) is 0 Å². The standard InChI is InChI=1S/C11H17BO2/c1-10(2)8-12(14-11(10,3)4)9-5-6-13-7-9/h5-7H,8H2,1-4H3. The Labute approximate surface area is 85.7 Å². The molecule has 0 amide bonds. The van der Waals surface area contributed by atoms with Crippen LogP contribution in [-0.2, 0) is 4.65 Å². The Morgan fingerprint density at radius 3 is 2.43 bits per heavy atom. The lowest BCUT2D eigenvalue weighted by molar-refractivity contribution is 0.0375. The molecule has 1 fully saturated rings. The van der Waals surface area contributed by atoms with Crippen LogP contribution in [0.1, 0.15) is 27.7 Å². The molecule has 0 saturated carbocycles. The first-order chi connectivity index (χ1) is 6.42. The molecule has 0 spiro atoms. The van der Waals surface area contributed by atoms with Crippen LogP contribution in [0.5, 0.6) is 0 Å². The molecule has 2 heterocycles. The van der Waals surface area contributed by atoms with E-state index in [1.54, 1.807) is 12.5 Å². The normalized spacial score (nSPS) is 24.1. The molecule has 0 radical (unpaired) electrons. The summed E-state index contributed by atoms with van der Waals surface area (Å²) in [4.78, 5) is 0. The molecule has 2 nitrogen and oxygen atoms in total. The zero-order valence-corrected chi connectivity index (χ0v) is 9.33. The minimum atomic E-state index is -0.0606. The quantitative estimate of drug-likeness (QED) is 0.637. The van der Waals surface area contributed by atoms with Gasteiger partial charge >= 0.3 is 6.92 Å². The molecule has 1 saturated heterocycles. The van der Waals surface area contributed by atoms with Crippen LogP contribution in [0.25, 0.3) is 0 Å². The maximum absolute atomic E-state index is 6.05. The highest BCUT2D eigenvalue weighted by atomic mass is 16.5. The Bertz CT molecular complexity index is 298. The van der Waals surface area contributed by atoms with Gasteiger partial charge in [-0.1, -0.05) is 13.8 Å². The molecule has 2 rings (SSSR count). The number of furan rings is 1. The largest absolute Gasteiger partial charge is 0.473 e. The van der Waals surface area contributed by atoms with Crippen molar-refractivity contribution in [3.05, 3.63) is 18.6 Å². The van der Waals surface area contributed by atoms with Gasteiger partial charge in [-0.2, -0.15) is 0 Å². The Morgan fingerprint density at radius 2 is 2.00 bits per heavy atom. The Balaban J connectivity index is 2.22. The summed E-state index contributed by atoms with van der Waals surface area (Å²) in [7, 11) is 0. The highest BCUT2D eigenvalue weighted by Crippen LogP contribution is 2.44. The van der Waals surface area contributed by atoms with Crippen LogP contribution in [-0.4, -0.2) is 12.5 Å². The van der Waals surface area contributed by atoms with Crippen LogP contribution < -0.4 is 5.46 Å². The molecule has 0 aliphatic carbocycles. The fourth-order valence-electron chi connectivity index (χ4n) is 1.91. The SMILES string of the molecule is CC1(C)CB(c2ccoc2)OC1(C)C.